The lowest BCUT2D eigenvalue weighted by atomic mass is 10.7. The normalized spacial score (nSPS) is 10.5. The molecule has 0 atom stereocenters. The molecule has 2 heterocycles. The summed E-state index contributed by atoms with van der Waals surface area (Å²) in [4.78, 5) is 26.2. The molecule has 0 aliphatic heterocycles. The van der Waals surface area contributed by atoms with E-state index in [0.29, 0.717) is 0 Å². The van der Waals surface area contributed by atoms with E-state index in [1.54, 1.807) is 7.05 Å². The monoisotopic (exact) mass is 268 g/mol. The molecule has 0 bridgehead atoms. The highest BCUT2D eigenvalue weighted by atomic mass is 32.2. The molecule has 0 saturated carbocycles. The van der Waals surface area contributed by atoms with Gasteiger partial charge in [0.25, 0.3) is 5.56 Å². The highest BCUT2D eigenvalue weighted by molar-refractivity contribution is 7.99. The molecule has 0 amide bonds. The number of rotatable bonds is 4. The smallest absolute Gasteiger partial charge is 0.325 e. The van der Waals surface area contributed by atoms with Gasteiger partial charge in [-0.25, -0.2) is 9.67 Å². The van der Waals surface area contributed by atoms with Crippen LogP contribution in [0.4, 0.5) is 0 Å². The van der Waals surface area contributed by atoms with E-state index in [2.05, 4.69) is 20.5 Å². The van der Waals surface area contributed by atoms with Crippen LogP contribution >= 0.6 is 11.8 Å². The lowest BCUT2D eigenvalue weighted by molar-refractivity contribution is -0.138. The van der Waals surface area contributed by atoms with Gasteiger partial charge in [0.05, 0.1) is 0 Å². The van der Waals surface area contributed by atoms with Crippen molar-refractivity contribution in [2.45, 2.75) is 16.7 Å². The quantitative estimate of drug-likeness (QED) is 0.750. The van der Waals surface area contributed by atoms with Crippen molar-refractivity contribution in [1.82, 2.24) is 29.8 Å². The third-order valence-electron chi connectivity index (χ3n) is 1.96. The van der Waals surface area contributed by atoms with Crippen molar-refractivity contribution in [2.75, 3.05) is 0 Å². The molecule has 2 rings (SSSR count). The van der Waals surface area contributed by atoms with Crippen molar-refractivity contribution in [3.8, 4) is 0 Å². The summed E-state index contributed by atoms with van der Waals surface area (Å²) < 4.78 is 2.45. The second-order valence-electron chi connectivity index (χ2n) is 3.26. The first kappa shape index (κ1) is 12.2. The molecule has 9 nitrogen and oxygen atoms in total. The van der Waals surface area contributed by atoms with E-state index in [9.17, 15) is 9.59 Å². The maximum Gasteiger partial charge on any atom is 0.325 e. The first-order chi connectivity index (χ1) is 8.58. The van der Waals surface area contributed by atoms with E-state index in [1.165, 1.54) is 17.0 Å². The minimum absolute atomic E-state index is 0.182. The molecule has 0 fully saturated rings. The van der Waals surface area contributed by atoms with Gasteiger partial charge in [-0.05, 0) is 22.2 Å². The highest BCUT2D eigenvalue weighted by Gasteiger charge is 2.14. The van der Waals surface area contributed by atoms with Gasteiger partial charge in [-0.3, -0.25) is 9.59 Å². The number of hydrogen-bond acceptors (Lipinski definition) is 7. The van der Waals surface area contributed by atoms with E-state index in [-0.39, 0.29) is 22.3 Å². The number of carbonyl (C=O) groups is 1. The van der Waals surface area contributed by atoms with Crippen molar-refractivity contribution < 1.29 is 9.90 Å². The van der Waals surface area contributed by atoms with Gasteiger partial charge in [-0.2, -0.15) is 0 Å². The molecular weight excluding hydrogens is 260 g/mol. The van der Waals surface area contributed by atoms with Crippen LogP contribution in [0.1, 0.15) is 0 Å². The van der Waals surface area contributed by atoms with E-state index in [0.717, 1.165) is 16.4 Å². The number of aromatic nitrogens is 6. The molecule has 18 heavy (non-hydrogen) atoms. The second-order valence-corrected chi connectivity index (χ2v) is 4.22. The summed E-state index contributed by atoms with van der Waals surface area (Å²) >= 11 is 0.923. The minimum Gasteiger partial charge on any atom is -0.480 e. The van der Waals surface area contributed by atoms with Crippen molar-refractivity contribution in [1.29, 1.82) is 0 Å². The average molecular weight is 268 g/mol. The lowest BCUT2D eigenvalue weighted by Crippen LogP contribution is -2.19. The SMILES string of the molecule is Cn1ccnc(Sc2nnnn2CC(=O)O)c1=O. The topological polar surface area (TPSA) is 116 Å². The Bertz CT molecular complexity index is 636. The summed E-state index contributed by atoms with van der Waals surface area (Å²) in [6, 6.07) is 0. The maximum absolute atomic E-state index is 11.7. The van der Waals surface area contributed by atoms with Crippen LogP contribution in [0.2, 0.25) is 0 Å². The fourth-order valence-electron chi connectivity index (χ4n) is 1.13. The number of aryl methyl sites for hydroxylation is 1. The minimum atomic E-state index is -1.07. The van der Waals surface area contributed by atoms with E-state index in [1.807, 2.05) is 0 Å². The Balaban J connectivity index is 2.29. The van der Waals surface area contributed by atoms with Gasteiger partial charge in [0.1, 0.15) is 6.54 Å². The predicted octanol–water partition coefficient (Wildman–Crippen LogP) is -0.997. The van der Waals surface area contributed by atoms with Gasteiger partial charge in [0, 0.05) is 19.4 Å². The molecule has 10 heteroatoms. The number of carboxylic acid groups (broad SMARTS) is 1. The van der Waals surface area contributed by atoms with Crippen LogP contribution in [0.25, 0.3) is 0 Å². The van der Waals surface area contributed by atoms with Crippen LogP contribution in [0.15, 0.2) is 27.4 Å². The van der Waals surface area contributed by atoms with Crippen molar-refractivity contribution >= 4 is 17.7 Å². The molecule has 0 aliphatic carbocycles. The van der Waals surface area contributed by atoms with Crippen LogP contribution in [0.5, 0.6) is 0 Å². The number of tetrazole rings is 1. The zero-order valence-corrected chi connectivity index (χ0v) is 10.0. The Morgan fingerprint density at radius 3 is 3.06 bits per heavy atom. The molecule has 2 aromatic rings. The molecule has 0 radical (unpaired) electrons. The molecule has 0 unspecified atom stereocenters. The third-order valence-corrected chi connectivity index (χ3v) is 2.91. The summed E-state index contributed by atoms with van der Waals surface area (Å²) in [5, 5.41) is 19.6. The average Bonchev–Trinajstić information content (AvgIpc) is 2.72. The lowest BCUT2D eigenvalue weighted by Gasteiger charge is -2.01. The Morgan fingerprint density at radius 2 is 2.33 bits per heavy atom. The van der Waals surface area contributed by atoms with E-state index < -0.39 is 5.97 Å². The number of aliphatic carboxylic acids is 1. The first-order valence-corrected chi connectivity index (χ1v) is 5.57. The van der Waals surface area contributed by atoms with Crippen molar-refractivity contribution in [3.05, 3.63) is 22.7 Å². The van der Waals surface area contributed by atoms with E-state index in [4.69, 9.17) is 5.11 Å². The Morgan fingerprint density at radius 1 is 1.56 bits per heavy atom. The predicted molar refractivity (Wildman–Crippen MR) is 59.1 cm³/mol. The van der Waals surface area contributed by atoms with Crippen LogP contribution in [0.3, 0.4) is 0 Å². The Kier molecular flexibility index (Phi) is 3.37. The molecule has 0 spiro atoms. The first-order valence-electron chi connectivity index (χ1n) is 4.75. The maximum atomic E-state index is 11.7. The zero-order chi connectivity index (χ0) is 13.1. The van der Waals surface area contributed by atoms with Gasteiger partial charge >= 0.3 is 5.97 Å². The fraction of sp³-hybridized carbons (Fsp3) is 0.250. The molecule has 0 aliphatic rings. The summed E-state index contributed by atoms with van der Waals surface area (Å²) in [5.74, 6) is -1.07. The van der Waals surface area contributed by atoms with Crippen molar-refractivity contribution in [3.63, 3.8) is 0 Å². The van der Waals surface area contributed by atoms with Gasteiger partial charge in [-0.1, -0.05) is 0 Å². The standard InChI is InChI=1S/C8H8N6O3S/c1-13-3-2-9-6(7(13)17)18-8-10-11-12-14(8)4-5(15)16/h2-3H,4H2,1H3,(H,15,16). The molecule has 2 aromatic heterocycles. The van der Waals surface area contributed by atoms with E-state index >= 15 is 0 Å². The van der Waals surface area contributed by atoms with Gasteiger partial charge in [0.15, 0.2) is 5.03 Å². The molecule has 1 N–H and O–H groups in total. The Hall–Kier alpha value is -2.23. The van der Waals surface area contributed by atoms with Crippen LogP contribution in [-0.2, 0) is 18.4 Å². The molecule has 0 aromatic carbocycles. The highest BCUT2D eigenvalue weighted by Crippen LogP contribution is 2.19. The fourth-order valence-corrected chi connectivity index (χ4v) is 1.93. The molecule has 94 valence electrons. The summed E-state index contributed by atoms with van der Waals surface area (Å²) in [6.45, 7) is -0.373. The molecular formula is C8H8N6O3S. The zero-order valence-electron chi connectivity index (χ0n) is 9.22. The summed E-state index contributed by atoms with van der Waals surface area (Å²) in [5.41, 5.74) is -0.299. The number of nitrogens with zero attached hydrogens (tertiary/aromatic N) is 6. The van der Waals surface area contributed by atoms with Gasteiger partial charge in [-0.15, -0.1) is 5.10 Å². The van der Waals surface area contributed by atoms with Gasteiger partial charge < -0.3 is 9.67 Å². The van der Waals surface area contributed by atoms with Gasteiger partial charge in [0.2, 0.25) is 5.16 Å². The summed E-state index contributed by atoms with van der Waals surface area (Å²) in [7, 11) is 1.59. The number of carboxylic acids is 1. The van der Waals surface area contributed by atoms with Crippen molar-refractivity contribution in [2.24, 2.45) is 7.05 Å². The van der Waals surface area contributed by atoms with Crippen LogP contribution in [-0.4, -0.2) is 40.8 Å². The number of hydrogen-bond donors (Lipinski definition) is 1. The largest absolute Gasteiger partial charge is 0.480 e. The molecule has 0 saturated heterocycles. The van der Waals surface area contributed by atoms with Crippen LogP contribution < -0.4 is 5.56 Å². The van der Waals surface area contributed by atoms with Crippen LogP contribution in [0, 0.1) is 0 Å². The third kappa shape index (κ3) is 2.53. The second kappa shape index (κ2) is 4.96. The Labute approximate surface area is 104 Å². The summed E-state index contributed by atoms with van der Waals surface area (Å²) in [6.07, 6.45) is 2.99.